The van der Waals surface area contributed by atoms with Crippen LogP contribution in [0, 0.1) is 15.4 Å². The number of carbonyl (C=O) groups is 7. The van der Waals surface area contributed by atoms with Crippen molar-refractivity contribution in [2.75, 3.05) is 19.6 Å². The van der Waals surface area contributed by atoms with Gasteiger partial charge in [-0.05, 0) is 115 Å². The molecule has 6 amide bonds. The summed E-state index contributed by atoms with van der Waals surface area (Å²) in [4.78, 5) is 106. The van der Waals surface area contributed by atoms with Crippen LogP contribution < -0.4 is 49.5 Å². The Morgan fingerprint density at radius 3 is 1.85 bits per heavy atom. The second-order valence-corrected chi connectivity index (χ2v) is 18.6. The quantitative estimate of drug-likeness (QED) is 0.0251. The molecule has 2 aromatic carbocycles. The SMILES string of the molecule is CC[C@H](C)[C@@H](NC(=O)[C@H](Cc1ccc(O)cc1)NC(=O)[C@@H]1CCCN1C(=O)[C@H](CCCN=C(N)N)NC(=O)[C@H](CCCN=C(N)N)NC(=O)Cc1ccc([123I])cc1)C(=O)N[C@H](CC(C)C)C(=O)O. The Morgan fingerprint density at radius 2 is 1.29 bits per heavy atom. The van der Waals surface area contributed by atoms with Crippen molar-refractivity contribution in [3.05, 3.63) is 63.2 Å². The van der Waals surface area contributed by atoms with Crippen LogP contribution in [0.1, 0.15) is 90.2 Å². The number of benzene rings is 2. The van der Waals surface area contributed by atoms with Gasteiger partial charge in [-0.2, -0.15) is 0 Å². The lowest BCUT2D eigenvalue weighted by atomic mass is 9.96. The monoisotopic (exact) mass is 1060 g/mol. The zero-order valence-electron chi connectivity index (χ0n) is 39.2. The van der Waals surface area contributed by atoms with E-state index < -0.39 is 83.6 Å². The first-order chi connectivity index (χ1) is 32.2. The number of aromatic hydroxyl groups is 1. The van der Waals surface area contributed by atoms with Gasteiger partial charge in [0.15, 0.2) is 11.9 Å². The molecule has 0 spiro atoms. The molecule has 1 saturated heterocycles. The fourth-order valence-corrected chi connectivity index (χ4v) is 7.96. The number of guanidine groups is 2. The number of nitrogens with one attached hydrogen (secondary N) is 5. The molecule has 0 bridgehead atoms. The van der Waals surface area contributed by atoms with Crippen LogP contribution in [0.5, 0.6) is 5.75 Å². The van der Waals surface area contributed by atoms with E-state index in [2.05, 4.69) is 59.2 Å². The molecule has 374 valence electrons. The number of aliphatic imine (C=N–C) groups is 2. The molecule has 2 aromatic rings. The number of carbonyl (C=O) groups excluding carboxylic acids is 6. The number of hydrogen-bond donors (Lipinski definition) is 11. The van der Waals surface area contributed by atoms with Crippen LogP contribution in [0.2, 0.25) is 0 Å². The Morgan fingerprint density at radius 1 is 0.735 bits per heavy atom. The topological polar surface area (TPSA) is 352 Å². The molecule has 7 atom stereocenters. The Bertz CT molecular complexity index is 2080. The zero-order chi connectivity index (χ0) is 50.5. The van der Waals surface area contributed by atoms with Gasteiger partial charge in [0.05, 0.1) is 6.42 Å². The number of carboxylic acids is 1. The highest BCUT2D eigenvalue weighted by Crippen LogP contribution is 2.22. The van der Waals surface area contributed by atoms with E-state index >= 15 is 0 Å². The van der Waals surface area contributed by atoms with E-state index in [1.165, 1.54) is 17.0 Å². The molecule has 15 N–H and O–H groups in total. The summed E-state index contributed by atoms with van der Waals surface area (Å²) in [5.41, 5.74) is 23.4. The maximum absolute atomic E-state index is 14.6. The van der Waals surface area contributed by atoms with Gasteiger partial charge < -0.3 is 64.6 Å². The van der Waals surface area contributed by atoms with Gasteiger partial charge in [0.25, 0.3) is 0 Å². The summed E-state index contributed by atoms with van der Waals surface area (Å²) in [6, 6.07) is 6.27. The Labute approximate surface area is 411 Å². The number of likely N-dealkylation sites (tertiary alicyclic amines) is 1. The molecule has 0 aliphatic carbocycles. The number of nitrogens with two attached hydrogens (primary N) is 4. The van der Waals surface area contributed by atoms with Gasteiger partial charge in [-0.3, -0.25) is 38.8 Å². The van der Waals surface area contributed by atoms with Gasteiger partial charge in [-0.25, -0.2) is 4.79 Å². The molecule has 0 saturated carbocycles. The molecule has 1 aliphatic rings. The maximum Gasteiger partial charge on any atom is 0.326 e. The van der Waals surface area contributed by atoms with Crippen LogP contribution in [0.3, 0.4) is 0 Å². The van der Waals surface area contributed by atoms with Crippen LogP contribution in [0.4, 0.5) is 0 Å². The van der Waals surface area contributed by atoms with Crippen LogP contribution in [0.25, 0.3) is 0 Å². The highest BCUT2D eigenvalue weighted by Gasteiger charge is 2.40. The lowest BCUT2D eigenvalue weighted by molar-refractivity contribution is -0.143. The van der Waals surface area contributed by atoms with Gasteiger partial charge >= 0.3 is 5.97 Å². The average molecular weight is 1060 g/mol. The molecule has 22 heteroatoms. The number of phenols is 1. The van der Waals surface area contributed by atoms with E-state index in [1.54, 1.807) is 31.2 Å². The normalized spacial score (nSPS) is 15.9. The van der Waals surface area contributed by atoms with Crippen molar-refractivity contribution in [3.63, 3.8) is 0 Å². The highest BCUT2D eigenvalue weighted by atomic mass is 123. The minimum Gasteiger partial charge on any atom is -0.508 e. The molecule has 68 heavy (non-hydrogen) atoms. The lowest BCUT2D eigenvalue weighted by Crippen LogP contribution is -2.60. The summed E-state index contributed by atoms with van der Waals surface area (Å²) >= 11 is 2.16. The van der Waals surface area contributed by atoms with E-state index in [9.17, 15) is 43.8 Å². The Balaban J connectivity index is 1.91. The van der Waals surface area contributed by atoms with Crippen LogP contribution in [-0.4, -0.2) is 124 Å². The number of hydrogen-bond acceptors (Lipinski definition) is 10. The third-order valence-corrected chi connectivity index (χ3v) is 12.1. The van der Waals surface area contributed by atoms with Gasteiger partial charge in [0.1, 0.15) is 42.0 Å². The van der Waals surface area contributed by atoms with Gasteiger partial charge in [0, 0.05) is 29.6 Å². The zero-order valence-corrected chi connectivity index (χ0v) is 41.4. The van der Waals surface area contributed by atoms with Crippen molar-refractivity contribution >= 4 is 75.9 Å². The van der Waals surface area contributed by atoms with Crippen LogP contribution in [0.15, 0.2) is 58.5 Å². The lowest BCUT2D eigenvalue weighted by Gasteiger charge is -2.31. The molecule has 0 unspecified atom stereocenters. The Kier molecular flexibility index (Phi) is 23.3. The van der Waals surface area contributed by atoms with Gasteiger partial charge in [0.2, 0.25) is 35.4 Å². The first-order valence-corrected chi connectivity index (χ1v) is 23.9. The van der Waals surface area contributed by atoms with Crippen molar-refractivity contribution in [1.29, 1.82) is 0 Å². The highest BCUT2D eigenvalue weighted by molar-refractivity contribution is 14.1. The first-order valence-electron chi connectivity index (χ1n) is 22.9. The number of carboxylic acid groups (broad SMARTS) is 1. The minimum atomic E-state index is -1.30. The molecular formula is C46H69IN12O9. The summed E-state index contributed by atoms with van der Waals surface area (Å²) in [5, 5.41) is 33.5. The van der Waals surface area contributed by atoms with E-state index in [0.29, 0.717) is 24.8 Å². The van der Waals surface area contributed by atoms with Crippen molar-refractivity contribution in [2.45, 2.75) is 128 Å². The molecule has 0 radical (unpaired) electrons. The minimum absolute atomic E-state index is 0.0131. The van der Waals surface area contributed by atoms with Gasteiger partial charge in [-0.1, -0.05) is 58.4 Å². The summed E-state index contributed by atoms with van der Waals surface area (Å²) in [5.74, 6) is -5.83. The maximum atomic E-state index is 14.6. The van der Waals surface area contributed by atoms with Crippen molar-refractivity contribution in [3.8, 4) is 5.75 Å². The third-order valence-electron chi connectivity index (χ3n) is 11.4. The van der Waals surface area contributed by atoms with Crippen molar-refractivity contribution < 1.29 is 43.8 Å². The number of amides is 6. The molecule has 3 rings (SSSR count). The number of nitrogens with zero attached hydrogens (tertiary/aromatic N) is 3. The summed E-state index contributed by atoms with van der Waals surface area (Å²) < 4.78 is 0.985. The molecule has 1 fully saturated rings. The van der Waals surface area contributed by atoms with Crippen molar-refractivity contribution in [2.24, 2.45) is 44.8 Å². The predicted molar refractivity (Wildman–Crippen MR) is 265 cm³/mol. The molecule has 21 nitrogen and oxygen atoms in total. The smallest absolute Gasteiger partial charge is 0.326 e. The number of aliphatic carboxylic acids is 1. The summed E-state index contributed by atoms with van der Waals surface area (Å²) in [7, 11) is 0. The van der Waals surface area contributed by atoms with Gasteiger partial charge in [-0.15, -0.1) is 0 Å². The number of phenolic OH excluding ortho intramolecular Hbond substituents is 1. The molecule has 0 aromatic heterocycles. The number of rotatable bonds is 27. The van der Waals surface area contributed by atoms with Crippen LogP contribution in [-0.2, 0) is 46.4 Å². The number of halogens is 1. The molecular weight excluding hydrogens is 987 g/mol. The summed E-state index contributed by atoms with van der Waals surface area (Å²) in [6.07, 6.45) is 1.85. The third kappa shape index (κ3) is 19.2. The van der Waals surface area contributed by atoms with E-state index in [1.807, 2.05) is 32.9 Å². The van der Waals surface area contributed by atoms with E-state index in [-0.39, 0.29) is 88.2 Å². The standard InChI is InChI=1S/C46H69IN12O9/c1-5-27(4)38(42(65)57-35(44(67)68)23-26(2)3)58-40(63)34(24-28-14-18-31(60)19-15-28)56-41(64)36-11-8-22-59(36)43(66)33(10-7-21-53-46(50)51)55-39(62)32(9-6-20-52-45(48)49)54-37(61)25-29-12-16-30(47)17-13-29/h12-19,26-27,32-36,38,60H,5-11,20-25H2,1-4H3,(H,54,61)(H,55,62)(H,56,64)(H,57,65)(H,58,63)(H,67,68)(H4,48,49,52)(H4,50,51,53)/t27-,32-,33-,34-,35+,36-,38+/m0/s1/i47-4. The average Bonchev–Trinajstić information content (AvgIpc) is 3.78. The predicted octanol–water partition coefficient (Wildman–Crippen LogP) is 0.481. The molecule has 1 aliphatic heterocycles. The van der Waals surface area contributed by atoms with E-state index in [0.717, 1.165) is 9.13 Å². The molecule has 1 heterocycles. The fraction of sp³-hybridized carbons (Fsp3) is 0.543. The second kappa shape index (κ2) is 28.2. The van der Waals surface area contributed by atoms with E-state index in [4.69, 9.17) is 22.9 Å². The second-order valence-electron chi connectivity index (χ2n) is 17.4. The summed E-state index contributed by atoms with van der Waals surface area (Å²) in [6.45, 7) is 7.63. The Hall–Kier alpha value is -6.20. The largest absolute Gasteiger partial charge is 0.508 e. The van der Waals surface area contributed by atoms with Crippen LogP contribution >= 0.6 is 22.6 Å². The van der Waals surface area contributed by atoms with Crippen molar-refractivity contribution in [1.82, 2.24) is 31.5 Å². The fourth-order valence-electron chi connectivity index (χ4n) is 7.60. The first kappa shape index (κ1) is 56.1.